The topological polar surface area (TPSA) is 237 Å². The normalized spacial score (nSPS) is 14.0. The van der Waals surface area contributed by atoms with Crippen molar-refractivity contribution >= 4 is 39.5 Å². The number of phosphoric ester groups is 2. The van der Waals surface area contributed by atoms with E-state index in [2.05, 4.69) is 41.5 Å². The smallest absolute Gasteiger partial charge is 0.462 e. The predicted octanol–water partition coefficient (Wildman–Crippen LogP) is 23.1. The zero-order chi connectivity index (χ0) is 71.4. The van der Waals surface area contributed by atoms with Gasteiger partial charge in [-0.1, -0.05) is 356 Å². The molecule has 2 unspecified atom stereocenters. The second-order valence-electron chi connectivity index (χ2n) is 29.1. The first-order valence-corrected chi connectivity index (χ1v) is 43.5. The van der Waals surface area contributed by atoms with Crippen LogP contribution in [0.25, 0.3) is 0 Å². The Morgan fingerprint density at radius 3 is 0.701 bits per heavy atom. The number of hydrogen-bond acceptors (Lipinski definition) is 15. The Labute approximate surface area is 594 Å². The Morgan fingerprint density at radius 1 is 0.278 bits per heavy atom. The van der Waals surface area contributed by atoms with Crippen molar-refractivity contribution in [1.29, 1.82) is 0 Å². The molecule has 97 heavy (non-hydrogen) atoms. The molecular weight excluding hydrogens is 1270 g/mol. The average Bonchev–Trinajstić information content (AvgIpc) is 1.00. The van der Waals surface area contributed by atoms with Crippen molar-refractivity contribution in [3.8, 4) is 0 Å². The molecule has 0 saturated carbocycles. The van der Waals surface area contributed by atoms with E-state index in [0.717, 1.165) is 102 Å². The van der Waals surface area contributed by atoms with Crippen LogP contribution in [0.5, 0.6) is 0 Å². The second kappa shape index (κ2) is 69.8. The van der Waals surface area contributed by atoms with E-state index in [0.29, 0.717) is 25.7 Å². The Morgan fingerprint density at radius 2 is 0.474 bits per heavy atom. The van der Waals surface area contributed by atoms with Crippen molar-refractivity contribution in [2.75, 3.05) is 39.6 Å². The van der Waals surface area contributed by atoms with Crippen LogP contribution >= 0.6 is 15.6 Å². The highest BCUT2D eigenvalue weighted by Gasteiger charge is 2.30. The molecular formula is C78H152O17P2. The van der Waals surface area contributed by atoms with Gasteiger partial charge in [-0.15, -0.1) is 0 Å². The highest BCUT2D eigenvalue weighted by molar-refractivity contribution is 7.47. The first-order chi connectivity index (χ1) is 46.9. The molecule has 0 aromatic heterocycles. The lowest BCUT2D eigenvalue weighted by molar-refractivity contribution is -0.161. The number of esters is 4. The zero-order valence-corrected chi connectivity index (χ0v) is 65.2. The van der Waals surface area contributed by atoms with Crippen LogP contribution in [0, 0.1) is 11.8 Å². The number of aliphatic hydroxyl groups excluding tert-OH is 1. The molecule has 0 spiro atoms. The molecule has 0 aliphatic carbocycles. The maximum Gasteiger partial charge on any atom is 0.472 e. The molecule has 5 atom stereocenters. The zero-order valence-electron chi connectivity index (χ0n) is 63.4. The number of ether oxygens (including phenoxy) is 4. The fourth-order valence-electron chi connectivity index (χ4n) is 12.0. The van der Waals surface area contributed by atoms with E-state index in [4.69, 9.17) is 37.0 Å². The van der Waals surface area contributed by atoms with E-state index in [1.165, 1.54) is 225 Å². The van der Waals surface area contributed by atoms with E-state index in [-0.39, 0.29) is 25.7 Å². The maximum atomic E-state index is 13.1. The summed E-state index contributed by atoms with van der Waals surface area (Å²) < 4.78 is 68.6. The summed E-state index contributed by atoms with van der Waals surface area (Å²) in [4.78, 5) is 72.9. The van der Waals surface area contributed by atoms with Crippen LogP contribution in [0.15, 0.2) is 0 Å². The van der Waals surface area contributed by atoms with Crippen LogP contribution in [-0.4, -0.2) is 96.7 Å². The molecule has 0 aliphatic rings. The maximum absolute atomic E-state index is 13.1. The molecule has 0 amide bonds. The van der Waals surface area contributed by atoms with Gasteiger partial charge < -0.3 is 33.8 Å². The fraction of sp³-hybridized carbons (Fsp3) is 0.949. The van der Waals surface area contributed by atoms with Gasteiger partial charge in [0.2, 0.25) is 0 Å². The number of phosphoric acid groups is 2. The summed E-state index contributed by atoms with van der Waals surface area (Å²) >= 11 is 0. The largest absolute Gasteiger partial charge is 0.472 e. The molecule has 0 bridgehead atoms. The van der Waals surface area contributed by atoms with Crippen LogP contribution in [0.4, 0.5) is 0 Å². The Hall–Kier alpha value is -1.94. The SMILES string of the molecule is CCCCCCCCCCCCCCCCCCC(=O)O[C@H](COC(=O)CCCCCCCCCCCCCCC(C)C)COP(=O)(O)OC[C@@H](O)COP(=O)(O)OC[C@@H](COC(=O)CCCCCCCCCCCCCC)OC(=O)CCCCCCCCCCCCCC(C)C. The summed E-state index contributed by atoms with van der Waals surface area (Å²) in [6.07, 6.45) is 58.1. The summed E-state index contributed by atoms with van der Waals surface area (Å²) in [5.41, 5.74) is 0. The molecule has 0 heterocycles. The third kappa shape index (κ3) is 72.2. The second-order valence-corrected chi connectivity index (χ2v) is 32.0. The molecule has 19 heteroatoms. The molecule has 0 fully saturated rings. The predicted molar refractivity (Wildman–Crippen MR) is 395 cm³/mol. The van der Waals surface area contributed by atoms with Crippen molar-refractivity contribution in [1.82, 2.24) is 0 Å². The van der Waals surface area contributed by atoms with Crippen LogP contribution in [-0.2, 0) is 65.4 Å². The van der Waals surface area contributed by atoms with E-state index in [1.807, 2.05) is 0 Å². The molecule has 17 nitrogen and oxygen atoms in total. The first kappa shape index (κ1) is 95.1. The summed E-state index contributed by atoms with van der Waals surface area (Å²) in [7, 11) is -9.92. The highest BCUT2D eigenvalue weighted by Crippen LogP contribution is 2.45. The van der Waals surface area contributed by atoms with Gasteiger partial charge in [0.15, 0.2) is 12.2 Å². The summed E-state index contributed by atoms with van der Waals surface area (Å²) in [5.74, 6) is -0.563. The quantitative estimate of drug-likeness (QED) is 0.0222. The summed E-state index contributed by atoms with van der Waals surface area (Å²) in [6, 6.07) is 0. The van der Waals surface area contributed by atoms with Crippen molar-refractivity contribution in [3.05, 3.63) is 0 Å². The third-order valence-corrected chi connectivity index (χ3v) is 20.1. The number of carbonyl (C=O) groups is 4. The van der Waals surface area contributed by atoms with Gasteiger partial charge in [0.1, 0.15) is 19.3 Å². The van der Waals surface area contributed by atoms with Gasteiger partial charge in [0, 0.05) is 25.7 Å². The number of aliphatic hydroxyl groups is 1. The molecule has 3 N–H and O–H groups in total. The van der Waals surface area contributed by atoms with Gasteiger partial charge in [0.25, 0.3) is 0 Å². The minimum absolute atomic E-state index is 0.107. The van der Waals surface area contributed by atoms with E-state index in [9.17, 15) is 43.2 Å². The molecule has 0 aromatic rings. The number of carbonyl (C=O) groups excluding carboxylic acids is 4. The minimum Gasteiger partial charge on any atom is -0.462 e. The van der Waals surface area contributed by atoms with Crippen molar-refractivity contribution in [3.63, 3.8) is 0 Å². The summed E-state index contributed by atoms with van der Waals surface area (Å²) in [5, 5.41) is 10.6. The number of hydrogen-bond donors (Lipinski definition) is 3. The molecule has 576 valence electrons. The average molecular weight is 1420 g/mol. The third-order valence-electron chi connectivity index (χ3n) is 18.2. The van der Waals surface area contributed by atoms with E-state index < -0.39 is 97.5 Å². The van der Waals surface area contributed by atoms with Gasteiger partial charge in [-0.05, 0) is 37.5 Å². The molecule has 0 rings (SSSR count). The lowest BCUT2D eigenvalue weighted by Crippen LogP contribution is -2.30. The first-order valence-electron chi connectivity index (χ1n) is 40.5. The standard InChI is InChI=1S/C78H152O17P2/c1-7-9-11-13-15-17-19-21-22-23-24-32-38-44-50-56-62-77(82)94-73(67-89-76(81)61-55-49-43-37-31-26-25-28-34-40-46-52-58-70(3)4)68-92-96(84,85)90-64-72(79)65-91-97(86,87)93-69-74(66-88-75(80)60-54-48-42-36-30-20-18-16-14-12-10-8-2)95-78(83)63-57-51-45-39-33-27-29-35-41-47-53-59-71(5)6/h70-74,79H,7-69H2,1-6H3,(H,84,85)(H,86,87)/t72-,73-,74-/m1/s1. The Balaban J connectivity index is 5.27. The monoisotopic (exact) mass is 1420 g/mol. The minimum atomic E-state index is -4.96. The van der Waals surface area contributed by atoms with Crippen LogP contribution in [0.3, 0.4) is 0 Å². The highest BCUT2D eigenvalue weighted by atomic mass is 31.2. The van der Waals surface area contributed by atoms with Crippen LogP contribution < -0.4 is 0 Å². The molecule has 0 aliphatic heterocycles. The van der Waals surface area contributed by atoms with Gasteiger partial charge in [-0.3, -0.25) is 37.3 Å². The van der Waals surface area contributed by atoms with Crippen molar-refractivity contribution in [2.45, 2.75) is 426 Å². The summed E-state index contributed by atoms with van der Waals surface area (Å²) in [6.45, 7) is 9.63. The van der Waals surface area contributed by atoms with Gasteiger partial charge >= 0.3 is 39.5 Å². The van der Waals surface area contributed by atoms with Crippen LogP contribution in [0.1, 0.15) is 408 Å². The lowest BCUT2D eigenvalue weighted by Gasteiger charge is -2.21. The van der Waals surface area contributed by atoms with Crippen molar-refractivity contribution < 1.29 is 80.2 Å². The number of rotatable bonds is 77. The Bertz CT molecular complexity index is 1870. The van der Waals surface area contributed by atoms with Gasteiger partial charge in [0.05, 0.1) is 26.4 Å². The van der Waals surface area contributed by atoms with E-state index in [1.54, 1.807) is 0 Å². The van der Waals surface area contributed by atoms with Crippen molar-refractivity contribution in [2.24, 2.45) is 11.8 Å². The fourth-order valence-corrected chi connectivity index (χ4v) is 13.6. The molecule has 0 saturated heterocycles. The lowest BCUT2D eigenvalue weighted by atomic mass is 10.0. The molecule has 0 aromatic carbocycles. The van der Waals surface area contributed by atoms with Crippen LogP contribution in [0.2, 0.25) is 0 Å². The molecule has 0 radical (unpaired) electrons. The Kier molecular flexibility index (Phi) is 68.4. The number of unbranched alkanes of at least 4 members (excludes halogenated alkanes) is 47. The van der Waals surface area contributed by atoms with E-state index >= 15 is 0 Å². The van der Waals surface area contributed by atoms with Gasteiger partial charge in [-0.25, -0.2) is 9.13 Å². The van der Waals surface area contributed by atoms with Gasteiger partial charge in [-0.2, -0.15) is 0 Å².